The summed E-state index contributed by atoms with van der Waals surface area (Å²) in [6.45, 7) is 0. The second kappa shape index (κ2) is 3.96. The lowest BCUT2D eigenvalue weighted by molar-refractivity contribution is 0.0683. The van der Waals surface area contributed by atoms with Gasteiger partial charge in [0.1, 0.15) is 5.56 Å². The maximum Gasteiger partial charge on any atom is 0.340 e. The van der Waals surface area contributed by atoms with Crippen molar-refractivity contribution < 1.29 is 40.4 Å². The van der Waals surface area contributed by atoms with E-state index in [9.17, 15) is 30.8 Å². The molecule has 10 heteroatoms. The molecule has 94 valence electrons. The van der Waals surface area contributed by atoms with E-state index < -0.39 is 49.8 Å². The molecule has 2 N–H and O–H groups in total. The number of hydrogen-bond acceptors (Lipinski definition) is 3. The Morgan fingerprint density at radius 2 is 1.35 bits per heavy atom. The standard InChI is InChI=1S/C7H2F4O5S/c8-2-1(7(12)13)6(17(14,15)16)5(11)4(10)3(2)9/h(H,12,13)(H,14,15,16). The molecule has 0 aromatic heterocycles. The monoisotopic (exact) mass is 274 g/mol. The fraction of sp³-hybridized carbons (Fsp3) is 0. The largest absolute Gasteiger partial charge is 0.478 e. The van der Waals surface area contributed by atoms with Gasteiger partial charge < -0.3 is 5.11 Å². The number of benzene rings is 1. The predicted molar refractivity (Wildman–Crippen MR) is 43.0 cm³/mol. The third-order valence-corrected chi connectivity index (χ3v) is 2.60. The fourth-order valence-corrected chi connectivity index (χ4v) is 1.80. The van der Waals surface area contributed by atoms with Crippen LogP contribution < -0.4 is 0 Å². The van der Waals surface area contributed by atoms with E-state index in [0.717, 1.165) is 0 Å². The summed E-state index contributed by atoms with van der Waals surface area (Å²) in [5.41, 5.74) is -2.01. The second-order valence-corrected chi connectivity index (χ2v) is 4.10. The Labute approximate surface area is 91.0 Å². The summed E-state index contributed by atoms with van der Waals surface area (Å²) in [5.74, 6) is -12.4. The zero-order valence-corrected chi connectivity index (χ0v) is 8.36. The van der Waals surface area contributed by atoms with Gasteiger partial charge >= 0.3 is 5.97 Å². The molecule has 0 fully saturated rings. The van der Waals surface area contributed by atoms with Crippen LogP contribution in [0.15, 0.2) is 4.90 Å². The SMILES string of the molecule is O=C(O)c1c(F)c(F)c(F)c(F)c1S(=O)(=O)O. The Balaban J connectivity index is 4.00. The molecule has 0 aliphatic heterocycles. The van der Waals surface area contributed by atoms with Crippen molar-refractivity contribution in [2.24, 2.45) is 0 Å². The molecule has 0 saturated heterocycles. The van der Waals surface area contributed by atoms with Crippen molar-refractivity contribution in [2.45, 2.75) is 4.90 Å². The third-order valence-electron chi connectivity index (χ3n) is 1.70. The van der Waals surface area contributed by atoms with Crippen LogP contribution in [0, 0.1) is 23.3 Å². The molecule has 0 unspecified atom stereocenters. The van der Waals surface area contributed by atoms with Gasteiger partial charge in [0.2, 0.25) is 0 Å². The molecule has 1 aromatic carbocycles. The molecular formula is C7H2F4O5S. The van der Waals surface area contributed by atoms with Gasteiger partial charge in [-0.3, -0.25) is 4.55 Å². The van der Waals surface area contributed by atoms with E-state index in [0.29, 0.717) is 0 Å². The topological polar surface area (TPSA) is 91.7 Å². The molecule has 0 radical (unpaired) electrons. The first kappa shape index (κ1) is 13.4. The molecular weight excluding hydrogens is 272 g/mol. The van der Waals surface area contributed by atoms with Gasteiger partial charge in [0, 0.05) is 0 Å². The first-order valence-electron chi connectivity index (χ1n) is 3.65. The summed E-state index contributed by atoms with van der Waals surface area (Å²) < 4.78 is 80.9. The Hall–Kier alpha value is -1.68. The molecule has 0 aliphatic carbocycles. The first-order chi connectivity index (χ1) is 7.59. The second-order valence-electron chi connectivity index (χ2n) is 2.74. The van der Waals surface area contributed by atoms with Gasteiger partial charge in [0.25, 0.3) is 10.1 Å². The predicted octanol–water partition coefficient (Wildman–Crippen LogP) is 1.19. The van der Waals surface area contributed by atoms with Crippen LogP contribution in [0.1, 0.15) is 10.4 Å². The molecule has 0 amide bonds. The van der Waals surface area contributed by atoms with Gasteiger partial charge in [-0.2, -0.15) is 8.42 Å². The average molecular weight is 274 g/mol. The minimum atomic E-state index is -5.57. The van der Waals surface area contributed by atoms with Crippen molar-refractivity contribution in [3.63, 3.8) is 0 Å². The zero-order valence-electron chi connectivity index (χ0n) is 7.54. The molecule has 0 atom stereocenters. The Morgan fingerprint density at radius 3 is 1.71 bits per heavy atom. The minimum Gasteiger partial charge on any atom is -0.478 e. The normalized spacial score (nSPS) is 11.6. The Kier molecular flexibility index (Phi) is 3.12. The van der Waals surface area contributed by atoms with Crippen LogP contribution in [0.3, 0.4) is 0 Å². The lowest BCUT2D eigenvalue weighted by atomic mass is 10.2. The van der Waals surface area contributed by atoms with Crippen LogP contribution in [-0.2, 0) is 10.1 Å². The highest BCUT2D eigenvalue weighted by molar-refractivity contribution is 7.86. The number of carboxylic acid groups (broad SMARTS) is 1. The summed E-state index contributed by atoms with van der Waals surface area (Å²) >= 11 is 0. The highest BCUT2D eigenvalue weighted by Crippen LogP contribution is 2.27. The molecule has 1 aromatic rings. The summed E-state index contributed by atoms with van der Waals surface area (Å²) in [5, 5.41) is 8.38. The zero-order chi connectivity index (χ0) is 13.5. The maximum absolute atomic E-state index is 13.0. The van der Waals surface area contributed by atoms with Crippen molar-refractivity contribution in [3.8, 4) is 0 Å². The maximum atomic E-state index is 13.0. The summed E-state index contributed by atoms with van der Waals surface area (Å²) in [6, 6.07) is 0. The van der Waals surface area contributed by atoms with Crippen molar-refractivity contribution in [2.75, 3.05) is 0 Å². The summed E-state index contributed by atoms with van der Waals surface area (Å²) in [4.78, 5) is 8.27. The molecule has 0 spiro atoms. The van der Waals surface area contributed by atoms with Crippen molar-refractivity contribution in [1.29, 1.82) is 0 Å². The van der Waals surface area contributed by atoms with Crippen molar-refractivity contribution in [1.82, 2.24) is 0 Å². The summed E-state index contributed by atoms with van der Waals surface area (Å²) in [6.07, 6.45) is 0. The minimum absolute atomic E-state index is 2.01. The number of halogens is 4. The van der Waals surface area contributed by atoms with Gasteiger partial charge in [-0.15, -0.1) is 0 Å². The van der Waals surface area contributed by atoms with E-state index in [1.165, 1.54) is 0 Å². The van der Waals surface area contributed by atoms with Crippen LogP contribution in [0.5, 0.6) is 0 Å². The van der Waals surface area contributed by atoms with Crippen LogP contribution in [-0.4, -0.2) is 24.0 Å². The van der Waals surface area contributed by atoms with Crippen molar-refractivity contribution >= 4 is 16.1 Å². The Morgan fingerprint density at radius 1 is 0.941 bits per heavy atom. The van der Waals surface area contributed by atoms with Crippen LogP contribution >= 0.6 is 0 Å². The van der Waals surface area contributed by atoms with E-state index >= 15 is 0 Å². The third kappa shape index (κ3) is 2.08. The Bertz CT molecular complexity index is 609. The van der Waals surface area contributed by atoms with E-state index in [1.807, 2.05) is 0 Å². The number of carboxylic acids is 1. The lowest BCUT2D eigenvalue weighted by Gasteiger charge is -2.07. The van der Waals surface area contributed by atoms with Crippen LogP contribution in [0.25, 0.3) is 0 Å². The molecule has 17 heavy (non-hydrogen) atoms. The highest BCUT2D eigenvalue weighted by atomic mass is 32.2. The number of rotatable bonds is 2. The fourth-order valence-electron chi connectivity index (χ4n) is 1.04. The molecule has 0 aliphatic rings. The molecule has 0 saturated carbocycles. The van der Waals surface area contributed by atoms with Crippen molar-refractivity contribution in [3.05, 3.63) is 28.8 Å². The van der Waals surface area contributed by atoms with E-state index in [2.05, 4.69) is 0 Å². The number of hydrogen-bond donors (Lipinski definition) is 2. The van der Waals surface area contributed by atoms with Gasteiger partial charge in [-0.05, 0) is 0 Å². The number of carbonyl (C=O) groups is 1. The average Bonchev–Trinajstić information content (AvgIpc) is 2.17. The molecule has 1 rings (SSSR count). The smallest absolute Gasteiger partial charge is 0.340 e. The quantitative estimate of drug-likeness (QED) is 0.366. The van der Waals surface area contributed by atoms with Gasteiger partial charge in [-0.1, -0.05) is 0 Å². The summed E-state index contributed by atoms with van der Waals surface area (Å²) in [7, 11) is -5.57. The molecule has 5 nitrogen and oxygen atoms in total. The van der Waals surface area contributed by atoms with Gasteiger partial charge in [0.05, 0.1) is 0 Å². The van der Waals surface area contributed by atoms with Crippen LogP contribution in [0.2, 0.25) is 0 Å². The molecule has 0 heterocycles. The van der Waals surface area contributed by atoms with E-state index in [1.54, 1.807) is 0 Å². The van der Waals surface area contributed by atoms with Crippen LogP contribution in [0.4, 0.5) is 17.6 Å². The molecule has 0 bridgehead atoms. The number of aromatic carboxylic acids is 1. The highest BCUT2D eigenvalue weighted by Gasteiger charge is 2.35. The van der Waals surface area contributed by atoms with Gasteiger partial charge in [0.15, 0.2) is 28.2 Å². The van der Waals surface area contributed by atoms with Gasteiger partial charge in [-0.25, -0.2) is 22.4 Å². The lowest BCUT2D eigenvalue weighted by Crippen LogP contribution is -2.17. The van der Waals surface area contributed by atoms with E-state index in [-0.39, 0.29) is 0 Å². The van der Waals surface area contributed by atoms with E-state index in [4.69, 9.17) is 9.66 Å². The first-order valence-corrected chi connectivity index (χ1v) is 5.09.